The van der Waals surface area contributed by atoms with Crippen molar-refractivity contribution in [3.05, 3.63) is 96.1 Å². The highest BCUT2D eigenvalue weighted by atomic mass is 15.3. The van der Waals surface area contributed by atoms with Gasteiger partial charge in [-0.1, -0.05) is 66.7 Å². The van der Waals surface area contributed by atoms with Gasteiger partial charge in [-0.15, -0.1) is 0 Å². The molecule has 0 amide bonds. The van der Waals surface area contributed by atoms with Crippen molar-refractivity contribution in [1.29, 1.82) is 0 Å². The first-order valence-corrected chi connectivity index (χ1v) is 8.17. The number of rotatable bonds is 3. The van der Waals surface area contributed by atoms with E-state index in [0.29, 0.717) is 6.54 Å². The van der Waals surface area contributed by atoms with E-state index in [0.717, 1.165) is 18.2 Å². The Hall–Kier alpha value is -3.07. The summed E-state index contributed by atoms with van der Waals surface area (Å²) in [6.07, 6.45) is 0. The van der Waals surface area contributed by atoms with Gasteiger partial charge >= 0.3 is 0 Å². The molecule has 118 valence electrons. The lowest BCUT2D eigenvalue weighted by Gasteiger charge is -2.31. The summed E-state index contributed by atoms with van der Waals surface area (Å²) in [5, 5.41) is 3.50. The molecule has 0 saturated heterocycles. The zero-order valence-corrected chi connectivity index (χ0v) is 13.4. The second-order valence-corrected chi connectivity index (χ2v) is 5.78. The van der Waals surface area contributed by atoms with Gasteiger partial charge in [0, 0.05) is 12.2 Å². The molecule has 24 heavy (non-hydrogen) atoms. The first kappa shape index (κ1) is 14.5. The Labute approximate surface area is 142 Å². The molecule has 3 aromatic rings. The minimum Gasteiger partial charge on any atom is -0.352 e. The number of benzene rings is 3. The SMILES string of the molecule is c1ccc(CNC2=NCc3ccccc3N2c2ccccc2)cc1. The number of fused-ring (bicyclic) bond motifs is 1. The number of guanidine groups is 1. The third kappa shape index (κ3) is 2.88. The Morgan fingerprint density at radius 3 is 2.25 bits per heavy atom. The van der Waals surface area contributed by atoms with Crippen molar-refractivity contribution < 1.29 is 0 Å². The van der Waals surface area contributed by atoms with Crippen LogP contribution in [0.4, 0.5) is 11.4 Å². The van der Waals surface area contributed by atoms with Crippen LogP contribution in [0, 0.1) is 0 Å². The molecule has 4 rings (SSSR count). The van der Waals surface area contributed by atoms with Crippen molar-refractivity contribution in [1.82, 2.24) is 5.32 Å². The summed E-state index contributed by atoms with van der Waals surface area (Å²) >= 11 is 0. The maximum absolute atomic E-state index is 4.78. The van der Waals surface area contributed by atoms with E-state index in [1.54, 1.807) is 0 Å². The monoisotopic (exact) mass is 313 g/mol. The largest absolute Gasteiger partial charge is 0.352 e. The summed E-state index contributed by atoms with van der Waals surface area (Å²) in [7, 11) is 0. The Balaban J connectivity index is 1.66. The lowest BCUT2D eigenvalue weighted by atomic mass is 10.1. The van der Waals surface area contributed by atoms with Gasteiger partial charge in [0.25, 0.3) is 0 Å². The Kier molecular flexibility index (Phi) is 3.98. The van der Waals surface area contributed by atoms with Crippen molar-refractivity contribution in [2.75, 3.05) is 4.90 Å². The van der Waals surface area contributed by atoms with Crippen LogP contribution in [0.15, 0.2) is 89.9 Å². The molecule has 1 heterocycles. The number of nitrogens with zero attached hydrogens (tertiary/aromatic N) is 2. The van der Waals surface area contributed by atoms with Gasteiger partial charge in [-0.05, 0) is 29.3 Å². The second-order valence-electron chi connectivity index (χ2n) is 5.78. The van der Waals surface area contributed by atoms with Crippen LogP contribution >= 0.6 is 0 Å². The van der Waals surface area contributed by atoms with E-state index < -0.39 is 0 Å². The van der Waals surface area contributed by atoms with E-state index in [1.807, 2.05) is 12.1 Å². The number of hydrogen-bond acceptors (Lipinski definition) is 3. The van der Waals surface area contributed by atoms with Gasteiger partial charge in [-0.3, -0.25) is 4.90 Å². The maximum Gasteiger partial charge on any atom is 0.203 e. The van der Waals surface area contributed by atoms with Crippen LogP contribution in [-0.2, 0) is 13.1 Å². The Morgan fingerprint density at radius 2 is 1.46 bits per heavy atom. The normalized spacial score (nSPS) is 13.2. The molecule has 0 unspecified atom stereocenters. The summed E-state index contributed by atoms with van der Waals surface area (Å²) < 4.78 is 0. The summed E-state index contributed by atoms with van der Waals surface area (Å²) in [6.45, 7) is 1.46. The molecule has 0 saturated carbocycles. The smallest absolute Gasteiger partial charge is 0.203 e. The summed E-state index contributed by atoms with van der Waals surface area (Å²) in [6, 6.07) is 29.2. The fourth-order valence-corrected chi connectivity index (χ4v) is 2.96. The van der Waals surface area contributed by atoms with Crippen LogP contribution < -0.4 is 10.2 Å². The van der Waals surface area contributed by atoms with Gasteiger partial charge in [0.05, 0.1) is 12.2 Å². The maximum atomic E-state index is 4.78. The molecule has 0 radical (unpaired) electrons. The number of aliphatic imine (C=N–C) groups is 1. The molecule has 0 aliphatic carbocycles. The average Bonchev–Trinajstić information content (AvgIpc) is 2.67. The number of nitrogens with one attached hydrogen (secondary N) is 1. The third-order valence-corrected chi connectivity index (χ3v) is 4.15. The van der Waals surface area contributed by atoms with Crippen LogP contribution in [0.3, 0.4) is 0 Å². The van der Waals surface area contributed by atoms with E-state index in [9.17, 15) is 0 Å². The van der Waals surface area contributed by atoms with E-state index >= 15 is 0 Å². The molecule has 1 aliphatic rings. The van der Waals surface area contributed by atoms with Crippen molar-refractivity contribution >= 4 is 17.3 Å². The predicted octanol–water partition coefficient (Wildman–Crippen LogP) is 4.48. The van der Waals surface area contributed by atoms with Crippen LogP contribution in [-0.4, -0.2) is 5.96 Å². The third-order valence-electron chi connectivity index (χ3n) is 4.15. The van der Waals surface area contributed by atoms with Gasteiger partial charge in [-0.2, -0.15) is 0 Å². The summed E-state index contributed by atoms with van der Waals surface area (Å²) in [5.41, 5.74) is 4.79. The van der Waals surface area contributed by atoms with Gasteiger partial charge in [0.1, 0.15) is 0 Å². The quantitative estimate of drug-likeness (QED) is 0.772. The second kappa shape index (κ2) is 6.59. The molecule has 1 N–H and O–H groups in total. The van der Waals surface area contributed by atoms with Crippen molar-refractivity contribution in [2.24, 2.45) is 4.99 Å². The molecule has 3 nitrogen and oxygen atoms in total. The van der Waals surface area contributed by atoms with Crippen LogP contribution in [0.2, 0.25) is 0 Å². The highest BCUT2D eigenvalue weighted by Gasteiger charge is 2.22. The Morgan fingerprint density at radius 1 is 0.792 bits per heavy atom. The molecule has 3 heteroatoms. The predicted molar refractivity (Wildman–Crippen MR) is 99.4 cm³/mol. The highest BCUT2D eigenvalue weighted by molar-refractivity contribution is 6.04. The molecular weight excluding hydrogens is 294 g/mol. The Bertz CT molecular complexity index is 841. The van der Waals surface area contributed by atoms with E-state index in [-0.39, 0.29) is 0 Å². The average molecular weight is 313 g/mol. The minimum absolute atomic E-state index is 0.705. The molecule has 0 spiro atoms. The number of hydrogen-bond donors (Lipinski definition) is 1. The van der Waals surface area contributed by atoms with E-state index in [2.05, 4.69) is 83.0 Å². The lowest BCUT2D eigenvalue weighted by molar-refractivity contribution is 0.863. The van der Waals surface area contributed by atoms with Crippen molar-refractivity contribution in [2.45, 2.75) is 13.1 Å². The van der Waals surface area contributed by atoms with Gasteiger partial charge in [-0.25, -0.2) is 4.99 Å². The van der Waals surface area contributed by atoms with Gasteiger partial charge < -0.3 is 5.32 Å². The molecule has 0 bridgehead atoms. The first-order chi connectivity index (χ1) is 11.9. The van der Waals surface area contributed by atoms with E-state index in [1.165, 1.54) is 16.8 Å². The standard InChI is InChI=1S/C21H19N3/c1-3-9-17(10-4-1)15-22-21-23-16-18-11-7-8-14-20(18)24(21)19-12-5-2-6-13-19/h1-14H,15-16H2,(H,22,23). The number of para-hydroxylation sites is 2. The summed E-state index contributed by atoms with van der Waals surface area (Å²) in [5.74, 6) is 0.892. The first-order valence-electron chi connectivity index (χ1n) is 8.17. The van der Waals surface area contributed by atoms with Crippen LogP contribution in [0.1, 0.15) is 11.1 Å². The summed E-state index contributed by atoms with van der Waals surface area (Å²) in [4.78, 5) is 6.97. The molecule has 3 aromatic carbocycles. The zero-order valence-electron chi connectivity index (χ0n) is 13.4. The fraction of sp³-hybridized carbons (Fsp3) is 0.0952. The topological polar surface area (TPSA) is 27.6 Å². The van der Waals surface area contributed by atoms with Crippen LogP contribution in [0.5, 0.6) is 0 Å². The van der Waals surface area contributed by atoms with Crippen LogP contribution in [0.25, 0.3) is 0 Å². The lowest BCUT2D eigenvalue weighted by Crippen LogP contribution is -2.40. The van der Waals surface area contributed by atoms with Gasteiger partial charge in [0.2, 0.25) is 5.96 Å². The molecule has 1 aliphatic heterocycles. The van der Waals surface area contributed by atoms with Crippen molar-refractivity contribution in [3.8, 4) is 0 Å². The highest BCUT2D eigenvalue weighted by Crippen LogP contribution is 2.32. The van der Waals surface area contributed by atoms with Crippen molar-refractivity contribution in [3.63, 3.8) is 0 Å². The zero-order chi connectivity index (χ0) is 16.2. The fourth-order valence-electron chi connectivity index (χ4n) is 2.96. The van der Waals surface area contributed by atoms with E-state index in [4.69, 9.17) is 4.99 Å². The van der Waals surface area contributed by atoms with Gasteiger partial charge in [0.15, 0.2) is 0 Å². The molecule has 0 atom stereocenters. The number of anilines is 2. The molecule has 0 fully saturated rings. The minimum atomic E-state index is 0.705. The molecule has 0 aromatic heterocycles. The molecular formula is C21H19N3.